The molecule has 0 aromatic carbocycles. The molecular weight excluding hydrogens is 204 g/mol. The standard InChI is InChI=1S/C12H20N2S/c1-9(2)11-8-15-12(14-11)7-10-5-3-4-6-13-10/h8-10,13H,3-7H2,1-2H3. The lowest BCUT2D eigenvalue weighted by molar-refractivity contribution is 0.399. The van der Waals surface area contributed by atoms with Crippen LogP contribution in [0.15, 0.2) is 5.38 Å². The molecular formula is C12H20N2S. The summed E-state index contributed by atoms with van der Waals surface area (Å²) in [5, 5.41) is 7.09. The van der Waals surface area contributed by atoms with Crippen molar-refractivity contribution in [3.63, 3.8) is 0 Å². The Balaban J connectivity index is 1.91. The third-order valence-electron chi connectivity index (χ3n) is 2.99. The first-order valence-corrected chi connectivity index (χ1v) is 6.81. The van der Waals surface area contributed by atoms with E-state index in [1.807, 2.05) is 11.3 Å². The lowest BCUT2D eigenvalue weighted by Crippen LogP contribution is -2.35. The van der Waals surface area contributed by atoms with Gasteiger partial charge >= 0.3 is 0 Å². The van der Waals surface area contributed by atoms with Crippen molar-refractivity contribution in [2.45, 2.75) is 51.5 Å². The Morgan fingerprint density at radius 1 is 1.53 bits per heavy atom. The summed E-state index contributed by atoms with van der Waals surface area (Å²) in [5.41, 5.74) is 1.26. The van der Waals surface area contributed by atoms with Gasteiger partial charge in [0.2, 0.25) is 0 Å². The molecule has 1 unspecified atom stereocenters. The zero-order valence-electron chi connectivity index (χ0n) is 9.62. The van der Waals surface area contributed by atoms with Gasteiger partial charge in [0.25, 0.3) is 0 Å². The molecule has 0 bridgehead atoms. The van der Waals surface area contributed by atoms with Crippen LogP contribution in [0.1, 0.15) is 49.7 Å². The predicted molar refractivity (Wildman–Crippen MR) is 65.5 cm³/mol. The van der Waals surface area contributed by atoms with E-state index in [2.05, 4.69) is 29.5 Å². The zero-order valence-corrected chi connectivity index (χ0v) is 10.4. The Morgan fingerprint density at radius 2 is 2.40 bits per heavy atom. The number of nitrogens with zero attached hydrogens (tertiary/aromatic N) is 1. The first-order valence-electron chi connectivity index (χ1n) is 5.93. The van der Waals surface area contributed by atoms with Crippen molar-refractivity contribution in [2.75, 3.05) is 6.54 Å². The van der Waals surface area contributed by atoms with Crippen molar-refractivity contribution in [3.05, 3.63) is 16.1 Å². The molecule has 1 aromatic heterocycles. The van der Waals surface area contributed by atoms with Crippen LogP contribution in [0.5, 0.6) is 0 Å². The molecule has 1 aliphatic heterocycles. The molecule has 1 fully saturated rings. The second-order valence-corrected chi connectivity index (χ2v) is 5.61. The molecule has 0 spiro atoms. The highest BCUT2D eigenvalue weighted by molar-refractivity contribution is 7.09. The Kier molecular flexibility index (Phi) is 3.76. The van der Waals surface area contributed by atoms with Crippen LogP contribution in [0.3, 0.4) is 0 Å². The number of aromatic nitrogens is 1. The van der Waals surface area contributed by atoms with Gasteiger partial charge in [-0.3, -0.25) is 0 Å². The fraction of sp³-hybridized carbons (Fsp3) is 0.750. The third kappa shape index (κ3) is 3.02. The second-order valence-electron chi connectivity index (χ2n) is 4.67. The molecule has 2 rings (SSSR count). The molecule has 2 nitrogen and oxygen atoms in total. The van der Waals surface area contributed by atoms with Crippen molar-refractivity contribution in [1.29, 1.82) is 0 Å². The largest absolute Gasteiger partial charge is 0.314 e. The number of rotatable bonds is 3. The van der Waals surface area contributed by atoms with Gasteiger partial charge in [-0.15, -0.1) is 11.3 Å². The lowest BCUT2D eigenvalue weighted by atomic mass is 10.0. The van der Waals surface area contributed by atoms with Gasteiger partial charge in [-0.2, -0.15) is 0 Å². The maximum Gasteiger partial charge on any atom is 0.0943 e. The van der Waals surface area contributed by atoms with Gasteiger partial charge in [0.1, 0.15) is 0 Å². The van der Waals surface area contributed by atoms with Gasteiger partial charge in [0.15, 0.2) is 0 Å². The molecule has 1 aromatic rings. The molecule has 0 radical (unpaired) electrons. The van der Waals surface area contributed by atoms with Gasteiger partial charge in [0.05, 0.1) is 10.7 Å². The monoisotopic (exact) mass is 224 g/mol. The molecule has 1 atom stereocenters. The number of piperidine rings is 1. The minimum atomic E-state index is 0.564. The SMILES string of the molecule is CC(C)c1csc(CC2CCCCN2)n1. The highest BCUT2D eigenvalue weighted by atomic mass is 32.1. The van der Waals surface area contributed by atoms with Crippen LogP contribution >= 0.6 is 11.3 Å². The smallest absolute Gasteiger partial charge is 0.0943 e. The number of hydrogen-bond donors (Lipinski definition) is 1. The maximum absolute atomic E-state index is 4.68. The van der Waals surface area contributed by atoms with Crippen molar-refractivity contribution in [1.82, 2.24) is 10.3 Å². The molecule has 0 aliphatic carbocycles. The minimum absolute atomic E-state index is 0.564. The Bertz CT molecular complexity index is 300. The van der Waals surface area contributed by atoms with Crippen LogP contribution in [-0.2, 0) is 6.42 Å². The Morgan fingerprint density at radius 3 is 3.00 bits per heavy atom. The van der Waals surface area contributed by atoms with E-state index >= 15 is 0 Å². The maximum atomic E-state index is 4.68. The number of thiazole rings is 1. The van der Waals surface area contributed by atoms with Gasteiger partial charge in [-0.25, -0.2) is 4.98 Å². The number of nitrogens with one attached hydrogen (secondary N) is 1. The Labute approximate surface area is 96.1 Å². The third-order valence-corrected chi connectivity index (χ3v) is 3.88. The van der Waals surface area contributed by atoms with E-state index in [0.717, 1.165) is 6.42 Å². The topological polar surface area (TPSA) is 24.9 Å². The molecule has 0 saturated carbocycles. The number of hydrogen-bond acceptors (Lipinski definition) is 3. The molecule has 84 valence electrons. The van der Waals surface area contributed by atoms with Gasteiger partial charge in [-0.1, -0.05) is 20.3 Å². The van der Waals surface area contributed by atoms with Crippen LogP contribution in [-0.4, -0.2) is 17.6 Å². The fourth-order valence-electron chi connectivity index (χ4n) is 1.99. The lowest BCUT2D eigenvalue weighted by Gasteiger charge is -2.22. The van der Waals surface area contributed by atoms with Gasteiger partial charge < -0.3 is 5.32 Å². The molecule has 15 heavy (non-hydrogen) atoms. The molecule has 1 N–H and O–H groups in total. The molecule has 1 aliphatic rings. The molecule has 2 heterocycles. The second kappa shape index (κ2) is 5.08. The summed E-state index contributed by atoms with van der Waals surface area (Å²) in [6.45, 7) is 5.60. The summed E-state index contributed by atoms with van der Waals surface area (Å²) in [6, 6.07) is 0.671. The van der Waals surface area contributed by atoms with Crippen LogP contribution < -0.4 is 5.32 Å². The predicted octanol–water partition coefficient (Wildman–Crippen LogP) is 2.95. The van der Waals surface area contributed by atoms with Gasteiger partial charge in [-0.05, 0) is 25.3 Å². The van der Waals surface area contributed by atoms with Crippen molar-refractivity contribution < 1.29 is 0 Å². The summed E-state index contributed by atoms with van der Waals surface area (Å²) < 4.78 is 0. The minimum Gasteiger partial charge on any atom is -0.314 e. The average molecular weight is 224 g/mol. The first-order chi connectivity index (χ1) is 7.25. The van der Waals surface area contributed by atoms with E-state index in [-0.39, 0.29) is 0 Å². The van der Waals surface area contributed by atoms with Gasteiger partial charge in [0, 0.05) is 17.8 Å². The van der Waals surface area contributed by atoms with E-state index in [0.29, 0.717) is 12.0 Å². The van der Waals surface area contributed by atoms with Crippen LogP contribution in [0.25, 0.3) is 0 Å². The highest BCUT2D eigenvalue weighted by Crippen LogP contribution is 2.20. The van der Waals surface area contributed by atoms with Crippen molar-refractivity contribution in [2.24, 2.45) is 0 Å². The normalized spacial score (nSPS) is 22.2. The van der Waals surface area contributed by atoms with E-state index in [1.54, 1.807) is 0 Å². The molecule has 1 saturated heterocycles. The van der Waals surface area contributed by atoms with E-state index in [1.165, 1.54) is 36.5 Å². The summed E-state index contributed by atoms with van der Waals surface area (Å²) in [4.78, 5) is 4.68. The fourth-order valence-corrected chi connectivity index (χ4v) is 3.03. The first kappa shape index (κ1) is 11.1. The summed E-state index contributed by atoms with van der Waals surface area (Å²) >= 11 is 1.82. The average Bonchev–Trinajstić information content (AvgIpc) is 2.68. The van der Waals surface area contributed by atoms with E-state index < -0.39 is 0 Å². The Hall–Kier alpha value is -0.410. The summed E-state index contributed by atoms with van der Waals surface area (Å²) in [7, 11) is 0. The summed E-state index contributed by atoms with van der Waals surface area (Å²) in [5.74, 6) is 0.564. The van der Waals surface area contributed by atoms with E-state index in [9.17, 15) is 0 Å². The van der Waals surface area contributed by atoms with E-state index in [4.69, 9.17) is 0 Å². The van der Waals surface area contributed by atoms with Crippen molar-refractivity contribution in [3.8, 4) is 0 Å². The van der Waals surface area contributed by atoms with Crippen molar-refractivity contribution >= 4 is 11.3 Å². The quantitative estimate of drug-likeness (QED) is 0.854. The van der Waals surface area contributed by atoms with Crippen LogP contribution in [0.4, 0.5) is 0 Å². The zero-order chi connectivity index (χ0) is 10.7. The van der Waals surface area contributed by atoms with Crippen LogP contribution in [0, 0.1) is 0 Å². The molecule has 3 heteroatoms. The summed E-state index contributed by atoms with van der Waals surface area (Å²) in [6.07, 6.45) is 5.15. The van der Waals surface area contributed by atoms with Crippen LogP contribution in [0.2, 0.25) is 0 Å². The highest BCUT2D eigenvalue weighted by Gasteiger charge is 2.15. The molecule has 0 amide bonds.